The summed E-state index contributed by atoms with van der Waals surface area (Å²) in [4.78, 5) is 24.9. The maximum atomic E-state index is 12.7. The molecule has 2 amide bonds. The summed E-state index contributed by atoms with van der Waals surface area (Å²) in [5.74, 6) is -0.514. The van der Waals surface area contributed by atoms with Gasteiger partial charge in [0.05, 0.1) is 0 Å². The summed E-state index contributed by atoms with van der Waals surface area (Å²) in [6.07, 6.45) is 1.44. The third-order valence-corrected chi connectivity index (χ3v) is 4.95. The van der Waals surface area contributed by atoms with Crippen LogP contribution in [0.15, 0.2) is 72.3 Å². The van der Waals surface area contributed by atoms with Gasteiger partial charge in [0, 0.05) is 22.0 Å². The monoisotopic (exact) mass is 459 g/mol. The predicted molar refractivity (Wildman–Crippen MR) is 130 cm³/mol. The van der Waals surface area contributed by atoms with E-state index in [0.29, 0.717) is 27.7 Å². The normalized spacial score (nSPS) is 10.8. The fourth-order valence-corrected chi connectivity index (χ4v) is 3.18. The van der Waals surface area contributed by atoms with Crippen LogP contribution in [0.25, 0.3) is 6.08 Å². The first kappa shape index (κ1) is 23.6. The van der Waals surface area contributed by atoms with Crippen LogP contribution in [0.1, 0.15) is 16.7 Å². The van der Waals surface area contributed by atoms with Crippen LogP contribution in [0.2, 0.25) is 5.02 Å². The number of nitriles is 1. The standard InChI is InChI=1S/C26H22ClN3O3/c1-17-7-12-23(18(2)13-17)30-26(32)20(15-28)14-19-5-3-4-6-24(19)33-16-25(31)29-22-10-8-21(27)9-11-22/h3-14H,16H2,1-2H3,(H,29,31)(H,30,32)/b20-14+. The Morgan fingerprint density at radius 3 is 2.45 bits per heavy atom. The molecule has 3 aromatic carbocycles. The molecule has 0 aromatic heterocycles. The van der Waals surface area contributed by atoms with Gasteiger partial charge in [0.25, 0.3) is 11.8 Å². The summed E-state index contributed by atoms with van der Waals surface area (Å²) >= 11 is 5.85. The van der Waals surface area contributed by atoms with Crippen LogP contribution >= 0.6 is 11.6 Å². The number of nitrogens with one attached hydrogen (secondary N) is 2. The van der Waals surface area contributed by atoms with E-state index in [0.717, 1.165) is 11.1 Å². The van der Waals surface area contributed by atoms with Gasteiger partial charge in [-0.15, -0.1) is 0 Å². The zero-order chi connectivity index (χ0) is 23.8. The van der Waals surface area contributed by atoms with Crippen molar-refractivity contribution >= 4 is 40.9 Å². The van der Waals surface area contributed by atoms with Crippen LogP contribution < -0.4 is 15.4 Å². The number of benzene rings is 3. The van der Waals surface area contributed by atoms with Gasteiger partial charge < -0.3 is 15.4 Å². The maximum Gasteiger partial charge on any atom is 0.266 e. The van der Waals surface area contributed by atoms with E-state index in [9.17, 15) is 14.9 Å². The molecule has 0 aliphatic carbocycles. The molecule has 7 heteroatoms. The summed E-state index contributed by atoms with van der Waals surface area (Å²) in [5.41, 5.74) is 3.62. The van der Waals surface area contributed by atoms with E-state index in [1.807, 2.05) is 32.0 Å². The number of carbonyl (C=O) groups is 2. The molecule has 0 saturated carbocycles. The van der Waals surface area contributed by atoms with E-state index in [1.54, 1.807) is 54.6 Å². The lowest BCUT2D eigenvalue weighted by atomic mass is 10.1. The Morgan fingerprint density at radius 2 is 1.76 bits per heavy atom. The smallest absolute Gasteiger partial charge is 0.266 e. The molecule has 0 aliphatic heterocycles. The van der Waals surface area contributed by atoms with Crippen LogP contribution in [0.5, 0.6) is 5.75 Å². The van der Waals surface area contributed by atoms with Crippen LogP contribution in [-0.4, -0.2) is 18.4 Å². The third kappa shape index (κ3) is 6.70. The number of para-hydroxylation sites is 1. The van der Waals surface area contributed by atoms with Gasteiger partial charge in [-0.05, 0) is 61.9 Å². The SMILES string of the molecule is Cc1ccc(NC(=O)/C(C#N)=C/c2ccccc2OCC(=O)Nc2ccc(Cl)cc2)c(C)c1. The molecule has 0 spiro atoms. The fourth-order valence-electron chi connectivity index (χ4n) is 3.05. The highest BCUT2D eigenvalue weighted by Crippen LogP contribution is 2.23. The number of nitrogens with zero attached hydrogens (tertiary/aromatic N) is 1. The first-order chi connectivity index (χ1) is 15.9. The second kappa shape index (κ2) is 11.0. The molecule has 166 valence electrons. The minimum Gasteiger partial charge on any atom is -0.483 e. The van der Waals surface area contributed by atoms with E-state index in [4.69, 9.17) is 16.3 Å². The van der Waals surface area contributed by atoms with Crippen LogP contribution in [0.3, 0.4) is 0 Å². The van der Waals surface area contributed by atoms with Crippen molar-refractivity contribution < 1.29 is 14.3 Å². The molecule has 0 unspecified atom stereocenters. The van der Waals surface area contributed by atoms with Crippen molar-refractivity contribution in [1.82, 2.24) is 0 Å². The van der Waals surface area contributed by atoms with Gasteiger partial charge in [0.1, 0.15) is 17.4 Å². The first-order valence-electron chi connectivity index (χ1n) is 10.1. The Labute approximate surface area is 197 Å². The van der Waals surface area contributed by atoms with E-state index in [1.165, 1.54) is 6.08 Å². The largest absolute Gasteiger partial charge is 0.483 e. The number of anilines is 2. The van der Waals surface area contributed by atoms with Crippen LogP contribution in [-0.2, 0) is 9.59 Å². The molecule has 0 heterocycles. The second-order valence-corrected chi connectivity index (χ2v) is 7.76. The molecule has 3 rings (SSSR count). The molecule has 0 aliphatic rings. The summed E-state index contributed by atoms with van der Waals surface area (Å²) in [6.45, 7) is 3.60. The Kier molecular flexibility index (Phi) is 7.85. The number of aryl methyl sites for hydroxylation is 2. The van der Waals surface area contributed by atoms with Crippen LogP contribution in [0.4, 0.5) is 11.4 Å². The average Bonchev–Trinajstić information content (AvgIpc) is 2.80. The molecule has 0 fully saturated rings. The molecule has 6 nitrogen and oxygen atoms in total. The average molecular weight is 460 g/mol. The second-order valence-electron chi connectivity index (χ2n) is 7.32. The summed E-state index contributed by atoms with van der Waals surface area (Å²) < 4.78 is 5.65. The highest BCUT2D eigenvalue weighted by atomic mass is 35.5. The third-order valence-electron chi connectivity index (χ3n) is 4.70. The molecule has 3 aromatic rings. The van der Waals surface area contributed by atoms with Crippen molar-refractivity contribution in [2.24, 2.45) is 0 Å². The van der Waals surface area contributed by atoms with E-state index < -0.39 is 5.91 Å². The van der Waals surface area contributed by atoms with Crippen molar-refractivity contribution in [2.45, 2.75) is 13.8 Å². The first-order valence-corrected chi connectivity index (χ1v) is 10.5. The molecule has 33 heavy (non-hydrogen) atoms. The van der Waals surface area contributed by atoms with Crippen molar-refractivity contribution in [2.75, 3.05) is 17.2 Å². The topological polar surface area (TPSA) is 91.2 Å². The van der Waals surface area contributed by atoms with Crippen molar-refractivity contribution in [3.63, 3.8) is 0 Å². The minimum absolute atomic E-state index is 0.0864. The quantitative estimate of drug-likeness (QED) is 0.359. The lowest BCUT2D eigenvalue weighted by Gasteiger charge is -2.11. The molecular formula is C26H22ClN3O3. The Hall–Kier alpha value is -4.08. The van der Waals surface area contributed by atoms with E-state index >= 15 is 0 Å². The summed E-state index contributed by atoms with van der Waals surface area (Å²) in [7, 11) is 0. The number of amides is 2. The van der Waals surface area contributed by atoms with Gasteiger partial charge in [-0.25, -0.2) is 0 Å². The number of rotatable bonds is 7. The lowest BCUT2D eigenvalue weighted by Crippen LogP contribution is -2.20. The molecule has 2 N–H and O–H groups in total. The predicted octanol–water partition coefficient (Wildman–Crippen LogP) is 5.52. The number of hydrogen-bond donors (Lipinski definition) is 2. The highest BCUT2D eigenvalue weighted by molar-refractivity contribution is 6.30. The Morgan fingerprint density at radius 1 is 1.03 bits per heavy atom. The Balaban J connectivity index is 1.70. The van der Waals surface area contributed by atoms with E-state index in [2.05, 4.69) is 10.6 Å². The zero-order valence-electron chi connectivity index (χ0n) is 18.2. The molecule has 0 saturated heterocycles. The van der Waals surface area contributed by atoms with Crippen molar-refractivity contribution in [3.05, 3.63) is 94.0 Å². The van der Waals surface area contributed by atoms with Crippen LogP contribution in [0, 0.1) is 25.2 Å². The Bertz CT molecular complexity index is 1240. The van der Waals surface area contributed by atoms with Crippen molar-refractivity contribution in [1.29, 1.82) is 5.26 Å². The van der Waals surface area contributed by atoms with E-state index in [-0.39, 0.29) is 18.1 Å². The van der Waals surface area contributed by atoms with Gasteiger partial charge in [0.15, 0.2) is 6.61 Å². The molecule has 0 atom stereocenters. The maximum absolute atomic E-state index is 12.7. The molecule has 0 bridgehead atoms. The van der Waals surface area contributed by atoms with Gasteiger partial charge in [-0.3, -0.25) is 9.59 Å². The van der Waals surface area contributed by atoms with Gasteiger partial charge in [-0.2, -0.15) is 5.26 Å². The molecular weight excluding hydrogens is 438 g/mol. The number of ether oxygens (including phenoxy) is 1. The summed E-state index contributed by atoms with van der Waals surface area (Å²) in [6, 6.07) is 21.1. The number of hydrogen-bond acceptors (Lipinski definition) is 4. The van der Waals surface area contributed by atoms with Gasteiger partial charge >= 0.3 is 0 Å². The summed E-state index contributed by atoms with van der Waals surface area (Å²) in [5, 5.41) is 15.6. The zero-order valence-corrected chi connectivity index (χ0v) is 18.9. The van der Waals surface area contributed by atoms with Gasteiger partial charge in [-0.1, -0.05) is 47.5 Å². The highest BCUT2D eigenvalue weighted by Gasteiger charge is 2.13. The fraction of sp³-hybridized carbons (Fsp3) is 0.115. The van der Waals surface area contributed by atoms with Crippen molar-refractivity contribution in [3.8, 4) is 11.8 Å². The number of carbonyl (C=O) groups excluding carboxylic acids is 2. The van der Waals surface area contributed by atoms with Gasteiger partial charge in [0.2, 0.25) is 0 Å². The minimum atomic E-state index is -0.528. The lowest BCUT2D eigenvalue weighted by molar-refractivity contribution is -0.118. The number of halogens is 1. The molecule has 0 radical (unpaired) electrons.